The van der Waals surface area contributed by atoms with E-state index in [-0.39, 0.29) is 23.6 Å². The van der Waals surface area contributed by atoms with Crippen molar-refractivity contribution in [2.45, 2.75) is 25.8 Å². The highest BCUT2D eigenvalue weighted by Crippen LogP contribution is 2.18. The van der Waals surface area contributed by atoms with E-state index >= 15 is 0 Å². The van der Waals surface area contributed by atoms with Crippen molar-refractivity contribution in [2.24, 2.45) is 7.05 Å². The van der Waals surface area contributed by atoms with Gasteiger partial charge in [-0.1, -0.05) is 0 Å². The molecule has 0 bridgehead atoms. The lowest BCUT2D eigenvalue weighted by atomic mass is 10.1. The Bertz CT molecular complexity index is 716. The van der Waals surface area contributed by atoms with Gasteiger partial charge in [-0.25, -0.2) is 0 Å². The van der Waals surface area contributed by atoms with Gasteiger partial charge < -0.3 is 14.9 Å². The topological polar surface area (TPSA) is 92.7 Å². The lowest BCUT2D eigenvalue weighted by Gasteiger charge is -2.06. The Balaban J connectivity index is 1.78. The number of rotatable bonds is 3. The molecule has 0 aliphatic heterocycles. The maximum absolute atomic E-state index is 12.1. The van der Waals surface area contributed by atoms with Gasteiger partial charge in [-0.15, -0.1) is 10.2 Å². The van der Waals surface area contributed by atoms with E-state index in [4.69, 9.17) is 0 Å². The van der Waals surface area contributed by atoms with Gasteiger partial charge in [0.2, 0.25) is 0 Å². The second-order valence-electron chi connectivity index (χ2n) is 4.91. The number of hydrogen-bond acceptors (Lipinski definition) is 4. The van der Waals surface area contributed by atoms with E-state index in [0.717, 1.165) is 30.5 Å². The van der Waals surface area contributed by atoms with Gasteiger partial charge in [-0.3, -0.25) is 9.59 Å². The van der Waals surface area contributed by atoms with E-state index in [1.54, 1.807) is 24.0 Å². The SMILES string of the molecule is Cn1cnnc1CNC(=O)c1cc2c([nH]c1=O)CCC2. The first-order valence-electron chi connectivity index (χ1n) is 6.51. The Morgan fingerprint density at radius 3 is 3.10 bits per heavy atom. The number of carbonyl (C=O) groups excluding carboxylic acids is 1. The van der Waals surface area contributed by atoms with Crippen LogP contribution in [0.25, 0.3) is 0 Å². The van der Waals surface area contributed by atoms with Crippen LogP contribution in [-0.2, 0) is 26.4 Å². The first-order valence-corrected chi connectivity index (χ1v) is 6.51. The van der Waals surface area contributed by atoms with E-state index in [1.807, 2.05) is 0 Å². The minimum absolute atomic E-state index is 0.160. The number of amides is 1. The van der Waals surface area contributed by atoms with Crippen molar-refractivity contribution in [3.8, 4) is 0 Å². The zero-order chi connectivity index (χ0) is 14.1. The molecule has 0 atom stereocenters. The number of aromatic amines is 1. The normalized spacial score (nSPS) is 13.2. The van der Waals surface area contributed by atoms with Crippen LogP contribution in [0, 0.1) is 0 Å². The molecule has 3 rings (SSSR count). The number of nitrogens with zero attached hydrogens (tertiary/aromatic N) is 3. The Labute approximate surface area is 115 Å². The number of nitrogens with one attached hydrogen (secondary N) is 2. The molecule has 2 heterocycles. The Hall–Kier alpha value is -2.44. The van der Waals surface area contributed by atoms with Crippen molar-refractivity contribution in [1.82, 2.24) is 25.1 Å². The van der Waals surface area contributed by atoms with Gasteiger partial charge in [-0.05, 0) is 30.9 Å². The van der Waals surface area contributed by atoms with Gasteiger partial charge in [0.15, 0.2) is 5.82 Å². The molecular formula is C13H15N5O2. The molecule has 7 nitrogen and oxygen atoms in total. The van der Waals surface area contributed by atoms with E-state index < -0.39 is 0 Å². The largest absolute Gasteiger partial charge is 0.345 e. The predicted octanol–water partition coefficient (Wildman–Crippen LogP) is -0.0779. The molecule has 2 aromatic rings. The fraction of sp³-hybridized carbons (Fsp3) is 0.385. The fourth-order valence-electron chi connectivity index (χ4n) is 2.40. The third kappa shape index (κ3) is 2.22. The van der Waals surface area contributed by atoms with E-state index in [0.29, 0.717) is 5.82 Å². The third-order valence-electron chi connectivity index (χ3n) is 3.54. The summed E-state index contributed by atoms with van der Waals surface area (Å²) >= 11 is 0. The van der Waals surface area contributed by atoms with Crippen molar-refractivity contribution in [1.29, 1.82) is 0 Å². The lowest BCUT2D eigenvalue weighted by Crippen LogP contribution is -2.30. The fourth-order valence-corrected chi connectivity index (χ4v) is 2.40. The third-order valence-corrected chi connectivity index (χ3v) is 3.54. The van der Waals surface area contributed by atoms with E-state index in [1.165, 1.54) is 0 Å². The second kappa shape index (κ2) is 4.92. The highest BCUT2D eigenvalue weighted by Gasteiger charge is 2.18. The summed E-state index contributed by atoms with van der Waals surface area (Å²) in [5, 5.41) is 10.3. The van der Waals surface area contributed by atoms with Crippen molar-refractivity contribution >= 4 is 5.91 Å². The first kappa shape index (κ1) is 12.6. The standard InChI is InChI=1S/C13H15N5O2/c1-18-7-15-17-11(18)6-14-12(19)9-5-8-3-2-4-10(8)16-13(9)20/h5,7H,2-4,6H2,1H3,(H,14,19)(H,16,20). The van der Waals surface area contributed by atoms with Crippen LogP contribution in [0.1, 0.15) is 33.9 Å². The Morgan fingerprint density at radius 2 is 2.35 bits per heavy atom. The molecule has 0 saturated heterocycles. The van der Waals surface area contributed by atoms with Crippen LogP contribution in [0.4, 0.5) is 0 Å². The molecule has 0 spiro atoms. The average Bonchev–Trinajstić information content (AvgIpc) is 3.03. The summed E-state index contributed by atoms with van der Waals surface area (Å²) in [5.74, 6) is 0.250. The van der Waals surface area contributed by atoms with Gasteiger partial charge >= 0.3 is 0 Å². The molecule has 0 fully saturated rings. The van der Waals surface area contributed by atoms with Crippen LogP contribution in [-0.4, -0.2) is 25.7 Å². The first-order chi connectivity index (χ1) is 9.65. The summed E-state index contributed by atoms with van der Waals surface area (Å²) in [6, 6.07) is 1.70. The average molecular weight is 273 g/mol. The molecule has 1 aliphatic rings. The zero-order valence-electron chi connectivity index (χ0n) is 11.1. The molecule has 7 heteroatoms. The number of aromatic nitrogens is 4. The van der Waals surface area contributed by atoms with Gasteiger partial charge in [0.05, 0.1) is 6.54 Å². The molecule has 1 aliphatic carbocycles. The van der Waals surface area contributed by atoms with Crippen molar-refractivity contribution in [2.75, 3.05) is 0 Å². The number of carbonyl (C=O) groups is 1. The number of fused-ring (bicyclic) bond motifs is 1. The monoisotopic (exact) mass is 273 g/mol. The highest BCUT2D eigenvalue weighted by molar-refractivity contribution is 5.93. The summed E-state index contributed by atoms with van der Waals surface area (Å²) in [7, 11) is 1.80. The van der Waals surface area contributed by atoms with Crippen LogP contribution < -0.4 is 10.9 Å². The molecule has 0 aromatic carbocycles. The van der Waals surface area contributed by atoms with Crippen LogP contribution in [0.15, 0.2) is 17.2 Å². The molecule has 104 valence electrons. The van der Waals surface area contributed by atoms with Crippen LogP contribution in [0.5, 0.6) is 0 Å². The smallest absolute Gasteiger partial charge is 0.261 e. The van der Waals surface area contributed by atoms with Gasteiger partial charge in [0, 0.05) is 12.7 Å². The Morgan fingerprint density at radius 1 is 1.50 bits per heavy atom. The minimum Gasteiger partial charge on any atom is -0.345 e. The van der Waals surface area contributed by atoms with E-state index in [9.17, 15) is 9.59 Å². The zero-order valence-corrected chi connectivity index (χ0v) is 11.1. The molecular weight excluding hydrogens is 258 g/mol. The van der Waals surface area contributed by atoms with Crippen LogP contribution >= 0.6 is 0 Å². The van der Waals surface area contributed by atoms with Crippen LogP contribution in [0.2, 0.25) is 0 Å². The highest BCUT2D eigenvalue weighted by atomic mass is 16.2. The maximum Gasteiger partial charge on any atom is 0.261 e. The molecule has 0 saturated carbocycles. The predicted molar refractivity (Wildman–Crippen MR) is 71.3 cm³/mol. The molecule has 1 amide bonds. The van der Waals surface area contributed by atoms with Crippen molar-refractivity contribution < 1.29 is 4.79 Å². The van der Waals surface area contributed by atoms with Crippen LogP contribution in [0.3, 0.4) is 0 Å². The summed E-state index contributed by atoms with van der Waals surface area (Å²) in [5.41, 5.74) is 1.85. The molecule has 20 heavy (non-hydrogen) atoms. The number of H-pyrrole nitrogens is 1. The summed E-state index contributed by atoms with van der Waals surface area (Å²) in [6.07, 6.45) is 4.38. The maximum atomic E-state index is 12.1. The molecule has 2 N–H and O–H groups in total. The Kier molecular flexibility index (Phi) is 3.09. The molecule has 2 aromatic heterocycles. The van der Waals surface area contributed by atoms with Gasteiger partial charge in [0.1, 0.15) is 11.9 Å². The number of aryl methyl sites for hydroxylation is 3. The number of hydrogen-bond donors (Lipinski definition) is 2. The van der Waals surface area contributed by atoms with Crippen molar-refractivity contribution in [3.63, 3.8) is 0 Å². The summed E-state index contributed by atoms with van der Waals surface area (Å²) in [4.78, 5) is 26.8. The second-order valence-corrected chi connectivity index (χ2v) is 4.91. The minimum atomic E-state index is -0.385. The lowest BCUT2D eigenvalue weighted by molar-refractivity contribution is 0.0948. The molecule has 0 unspecified atom stereocenters. The summed E-state index contributed by atoms with van der Waals surface area (Å²) < 4.78 is 1.72. The van der Waals surface area contributed by atoms with Crippen molar-refractivity contribution in [3.05, 3.63) is 45.4 Å². The summed E-state index contributed by atoms with van der Waals surface area (Å²) in [6.45, 7) is 0.242. The van der Waals surface area contributed by atoms with Gasteiger partial charge in [-0.2, -0.15) is 0 Å². The molecule has 0 radical (unpaired) electrons. The van der Waals surface area contributed by atoms with E-state index in [2.05, 4.69) is 20.5 Å². The quantitative estimate of drug-likeness (QED) is 0.818. The van der Waals surface area contributed by atoms with Gasteiger partial charge in [0.25, 0.3) is 11.5 Å². The number of pyridine rings is 1.